The summed E-state index contributed by atoms with van der Waals surface area (Å²) in [5.41, 5.74) is 5.24. The number of amides is 2. The largest absolute Gasteiger partial charge is 0.339 e. The van der Waals surface area contributed by atoms with E-state index in [1.807, 2.05) is 62.1 Å². The van der Waals surface area contributed by atoms with Crippen molar-refractivity contribution >= 4 is 11.7 Å². The van der Waals surface area contributed by atoms with Gasteiger partial charge in [-0.2, -0.15) is 4.98 Å². The summed E-state index contributed by atoms with van der Waals surface area (Å²) in [4.78, 5) is 19.3. The van der Waals surface area contributed by atoms with E-state index in [2.05, 4.69) is 21.5 Å². The fourth-order valence-electron chi connectivity index (χ4n) is 4.18. The highest BCUT2D eigenvalue weighted by Crippen LogP contribution is 2.24. The van der Waals surface area contributed by atoms with Gasteiger partial charge >= 0.3 is 6.03 Å². The van der Waals surface area contributed by atoms with Gasteiger partial charge in [0.05, 0.1) is 0 Å². The molecule has 3 aromatic rings. The molecule has 0 saturated carbocycles. The standard InChI is InChI=1S/C24H28N4O2/c1-16-11-17(2)13-20(12-16)25-24(29)28-10-6-8-19(15-28)14-22-26-23(27-30-22)21-9-5-4-7-18(21)3/h4-5,7,9,11-13,19H,6,8,10,14-15H2,1-3H3,(H,25,29). The van der Waals surface area contributed by atoms with Gasteiger partial charge < -0.3 is 14.7 Å². The maximum atomic E-state index is 12.8. The van der Waals surface area contributed by atoms with E-state index < -0.39 is 0 Å². The first-order valence-electron chi connectivity index (χ1n) is 10.5. The molecule has 1 fully saturated rings. The van der Waals surface area contributed by atoms with E-state index in [0.29, 0.717) is 30.6 Å². The Hall–Kier alpha value is -3.15. The fourth-order valence-corrected chi connectivity index (χ4v) is 4.18. The third-order valence-electron chi connectivity index (χ3n) is 5.60. The molecule has 0 aliphatic carbocycles. The maximum Gasteiger partial charge on any atom is 0.321 e. The maximum absolute atomic E-state index is 12.8. The third kappa shape index (κ3) is 4.70. The highest BCUT2D eigenvalue weighted by Gasteiger charge is 2.26. The Balaban J connectivity index is 1.38. The van der Waals surface area contributed by atoms with Gasteiger partial charge in [0.25, 0.3) is 0 Å². The molecule has 4 rings (SSSR count). The molecular weight excluding hydrogens is 376 g/mol. The Morgan fingerprint density at radius 2 is 1.93 bits per heavy atom. The summed E-state index contributed by atoms with van der Waals surface area (Å²) in [5.74, 6) is 1.58. The van der Waals surface area contributed by atoms with Gasteiger partial charge in [-0.05, 0) is 68.4 Å². The van der Waals surface area contributed by atoms with Crippen molar-refractivity contribution < 1.29 is 9.32 Å². The lowest BCUT2D eigenvalue weighted by Crippen LogP contribution is -2.42. The summed E-state index contributed by atoms with van der Waals surface area (Å²) < 4.78 is 5.51. The number of urea groups is 1. The SMILES string of the molecule is Cc1cc(C)cc(NC(=O)N2CCCC(Cc3nc(-c4ccccc4C)no3)C2)c1. The Morgan fingerprint density at radius 3 is 2.70 bits per heavy atom. The van der Waals surface area contributed by atoms with Crippen LogP contribution in [0.15, 0.2) is 47.0 Å². The second kappa shape index (κ2) is 8.69. The molecule has 2 aromatic carbocycles. The van der Waals surface area contributed by atoms with Crippen molar-refractivity contribution in [2.45, 2.75) is 40.0 Å². The lowest BCUT2D eigenvalue weighted by molar-refractivity contribution is 0.173. The molecule has 0 spiro atoms. The second-order valence-electron chi connectivity index (χ2n) is 8.29. The lowest BCUT2D eigenvalue weighted by atomic mass is 9.95. The van der Waals surface area contributed by atoms with Crippen molar-refractivity contribution in [1.29, 1.82) is 0 Å². The van der Waals surface area contributed by atoms with E-state index >= 15 is 0 Å². The molecule has 1 N–H and O–H groups in total. The van der Waals surface area contributed by atoms with Gasteiger partial charge in [0.15, 0.2) is 0 Å². The first-order valence-corrected chi connectivity index (χ1v) is 10.5. The van der Waals surface area contributed by atoms with Crippen LogP contribution < -0.4 is 5.32 Å². The van der Waals surface area contributed by atoms with Crippen molar-refractivity contribution in [3.63, 3.8) is 0 Å². The van der Waals surface area contributed by atoms with Crippen LogP contribution in [0, 0.1) is 26.7 Å². The van der Waals surface area contributed by atoms with Crippen LogP contribution in [0.4, 0.5) is 10.5 Å². The number of carbonyl (C=O) groups excluding carboxylic acids is 1. The van der Waals surface area contributed by atoms with Crippen LogP contribution in [0.3, 0.4) is 0 Å². The summed E-state index contributed by atoms with van der Waals surface area (Å²) in [6.45, 7) is 7.58. The summed E-state index contributed by atoms with van der Waals surface area (Å²) in [6, 6.07) is 14.1. The number of likely N-dealkylation sites (tertiary alicyclic amines) is 1. The molecule has 1 unspecified atom stereocenters. The molecule has 1 saturated heterocycles. The quantitative estimate of drug-likeness (QED) is 0.653. The third-order valence-corrected chi connectivity index (χ3v) is 5.60. The Bertz CT molecular complexity index is 1020. The minimum absolute atomic E-state index is 0.0455. The summed E-state index contributed by atoms with van der Waals surface area (Å²) in [7, 11) is 0. The van der Waals surface area contributed by atoms with Gasteiger partial charge in [-0.25, -0.2) is 4.79 Å². The van der Waals surface area contributed by atoms with E-state index in [0.717, 1.165) is 47.3 Å². The summed E-state index contributed by atoms with van der Waals surface area (Å²) in [6.07, 6.45) is 2.71. The molecule has 1 aliphatic rings. The van der Waals surface area contributed by atoms with Crippen molar-refractivity contribution in [2.75, 3.05) is 18.4 Å². The van der Waals surface area contributed by atoms with Crippen LogP contribution in [0.5, 0.6) is 0 Å². The number of nitrogens with one attached hydrogen (secondary N) is 1. The zero-order chi connectivity index (χ0) is 21.1. The van der Waals surface area contributed by atoms with Crippen LogP contribution in [-0.2, 0) is 6.42 Å². The highest BCUT2D eigenvalue weighted by molar-refractivity contribution is 5.89. The van der Waals surface area contributed by atoms with E-state index in [9.17, 15) is 4.79 Å². The minimum atomic E-state index is -0.0455. The van der Waals surface area contributed by atoms with E-state index in [4.69, 9.17) is 4.52 Å². The molecular formula is C24H28N4O2. The lowest BCUT2D eigenvalue weighted by Gasteiger charge is -2.32. The highest BCUT2D eigenvalue weighted by atomic mass is 16.5. The van der Waals surface area contributed by atoms with Gasteiger partial charge in [0, 0.05) is 30.8 Å². The first-order chi connectivity index (χ1) is 14.5. The number of piperidine rings is 1. The first kappa shape index (κ1) is 20.1. The molecule has 30 heavy (non-hydrogen) atoms. The number of rotatable bonds is 4. The predicted octanol–water partition coefficient (Wildman–Crippen LogP) is 5.15. The number of aromatic nitrogens is 2. The van der Waals surface area contributed by atoms with E-state index in [1.54, 1.807) is 0 Å². The predicted molar refractivity (Wildman–Crippen MR) is 117 cm³/mol. The zero-order valence-electron chi connectivity index (χ0n) is 17.8. The molecule has 1 atom stereocenters. The molecule has 6 nitrogen and oxygen atoms in total. The molecule has 2 amide bonds. The van der Waals surface area contributed by atoms with Gasteiger partial charge in [0.1, 0.15) is 0 Å². The molecule has 0 radical (unpaired) electrons. The number of hydrogen-bond acceptors (Lipinski definition) is 4. The number of benzene rings is 2. The van der Waals surface area contributed by atoms with Crippen LogP contribution >= 0.6 is 0 Å². The van der Waals surface area contributed by atoms with Crippen LogP contribution in [0.2, 0.25) is 0 Å². The number of nitrogens with zero attached hydrogens (tertiary/aromatic N) is 3. The van der Waals surface area contributed by atoms with Crippen molar-refractivity contribution in [3.05, 3.63) is 65.0 Å². The van der Waals surface area contributed by atoms with Crippen LogP contribution in [0.1, 0.15) is 35.4 Å². The van der Waals surface area contributed by atoms with E-state index in [1.165, 1.54) is 0 Å². The number of carbonyl (C=O) groups is 1. The van der Waals surface area contributed by atoms with Gasteiger partial charge in [-0.15, -0.1) is 0 Å². The number of hydrogen-bond donors (Lipinski definition) is 1. The molecule has 2 heterocycles. The monoisotopic (exact) mass is 404 g/mol. The smallest absolute Gasteiger partial charge is 0.321 e. The van der Waals surface area contributed by atoms with Crippen molar-refractivity contribution in [1.82, 2.24) is 15.0 Å². The average molecular weight is 405 g/mol. The topological polar surface area (TPSA) is 71.3 Å². The molecule has 6 heteroatoms. The molecule has 1 aliphatic heterocycles. The Kier molecular flexibility index (Phi) is 5.84. The van der Waals surface area contributed by atoms with Gasteiger partial charge in [-0.3, -0.25) is 0 Å². The normalized spacial score (nSPS) is 16.5. The van der Waals surface area contributed by atoms with E-state index in [-0.39, 0.29) is 6.03 Å². The summed E-state index contributed by atoms with van der Waals surface area (Å²) >= 11 is 0. The second-order valence-corrected chi connectivity index (χ2v) is 8.29. The Morgan fingerprint density at radius 1 is 1.17 bits per heavy atom. The van der Waals surface area contributed by atoms with Crippen LogP contribution in [0.25, 0.3) is 11.4 Å². The van der Waals surface area contributed by atoms with Crippen LogP contribution in [-0.4, -0.2) is 34.2 Å². The molecule has 1 aromatic heterocycles. The zero-order valence-corrected chi connectivity index (χ0v) is 17.8. The van der Waals surface area contributed by atoms with Gasteiger partial charge in [-0.1, -0.05) is 35.5 Å². The van der Waals surface area contributed by atoms with Gasteiger partial charge in [0.2, 0.25) is 11.7 Å². The molecule has 0 bridgehead atoms. The fraction of sp³-hybridized carbons (Fsp3) is 0.375. The summed E-state index contributed by atoms with van der Waals surface area (Å²) in [5, 5.41) is 7.21. The number of anilines is 1. The number of aryl methyl sites for hydroxylation is 3. The molecule has 156 valence electrons. The average Bonchev–Trinajstić information content (AvgIpc) is 3.16. The minimum Gasteiger partial charge on any atom is -0.339 e. The van der Waals surface area contributed by atoms with Crippen molar-refractivity contribution in [3.8, 4) is 11.4 Å². The Labute approximate surface area is 177 Å². The van der Waals surface area contributed by atoms with Crippen molar-refractivity contribution in [2.24, 2.45) is 5.92 Å².